The van der Waals surface area contributed by atoms with Gasteiger partial charge < -0.3 is 0 Å². The molecular weight excluding hydrogens is 120 g/mol. The van der Waals surface area contributed by atoms with Crippen LogP contribution in [0.3, 0.4) is 0 Å². The maximum absolute atomic E-state index is 10.2. The summed E-state index contributed by atoms with van der Waals surface area (Å²) in [4.78, 5) is 0. The highest BCUT2D eigenvalue weighted by Gasteiger charge is 2.15. The van der Waals surface area contributed by atoms with Crippen molar-refractivity contribution in [2.75, 3.05) is 0 Å². The van der Waals surface area contributed by atoms with Gasteiger partial charge in [-0.15, -0.1) is 0 Å². The number of rotatable bonds is 4. The average Bonchev–Trinajstić information content (AvgIpc) is 1.83. The van der Waals surface area contributed by atoms with Crippen molar-refractivity contribution in [1.82, 2.24) is 0 Å². The monoisotopic (exact) mass is 133 g/mol. The molecule has 0 radical (unpaired) electrons. The predicted octanol–water partition coefficient (Wildman–Crippen LogP) is 1.99. The molecule has 8 heavy (non-hydrogen) atoms. The summed E-state index contributed by atoms with van der Waals surface area (Å²) in [6, 6.07) is 0. The van der Waals surface area contributed by atoms with E-state index in [-0.39, 0.29) is 0 Å². The molecule has 0 amide bonds. The van der Waals surface area contributed by atoms with Crippen LogP contribution in [0.4, 0.5) is 0 Å². The molecular formula is C6H13OS+. The lowest BCUT2D eigenvalue weighted by molar-refractivity contribution is 0.588. The molecule has 1 atom stereocenters. The Kier molecular flexibility index (Phi) is 5.18. The lowest BCUT2D eigenvalue weighted by Crippen LogP contribution is -2.01. The summed E-state index contributed by atoms with van der Waals surface area (Å²) in [6.07, 6.45) is 3.22. The smallest absolute Gasteiger partial charge is 0.0652 e. The summed E-state index contributed by atoms with van der Waals surface area (Å²) in [5, 5.41) is 0.361. The van der Waals surface area contributed by atoms with Gasteiger partial charge in [0, 0.05) is 17.1 Å². The first-order valence-electron chi connectivity index (χ1n) is 3.13. The molecule has 0 fully saturated rings. The van der Waals surface area contributed by atoms with Crippen LogP contribution in [0.1, 0.15) is 33.1 Å². The average molecular weight is 133 g/mol. The van der Waals surface area contributed by atoms with Crippen LogP contribution in [0, 0.1) is 0 Å². The number of hydrogen-bond acceptors (Lipinski definition) is 1. The van der Waals surface area contributed by atoms with E-state index < -0.39 is 0 Å². The molecule has 2 heteroatoms. The van der Waals surface area contributed by atoms with Crippen molar-refractivity contribution in [3.05, 3.63) is 0 Å². The van der Waals surface area contributed by atoms with Crippen LogP contribution in [-0.2, 0) is 15.9 Å². The van der Waals surface area contributed by atoms with Crippen LogP contribution in [0.25, 0.3) is 0 Å². The van der Waals surface area contributed by atoms with E-state index in [4.69, 9.17) is 0 Å². The molecule has 0 aliphatic rings. The highest BCUT2D eigenvalue weighted by Crippen LogP contribution is 2.01. The van der Waals surface area contributed by atoms with Crippen LogP contribution in [0.2, 0.25) is 0 Å². The van der Waals surface area contributed by atoms with Gasteiger partial charge >= 0.3 is 11.7 Å². The van der Waals surface area contributed by atoms with E-state index in [1.807, 2.05) is 0 Å². The van der Waals surface area contributed by atoms with E-state index >= 15 is 0 Å². The van der Waals surface area contributed by atoms with Crippen molar-refractivity contribution in [3.63, 3.8) is 0 Å². The first kappa shape index (κ1) is 8.02. The first-order valence-corrected chi connectivity index (χ1v) is 3.94. The van der Waals surface area contributed by atoms with Crippen molar-refractivity contribution in [1.29, 1.82) is 0 Å². The second-order valence-electron chi connectivity index (χ2n) is 1.92. The van der Waals surface area contributed by atoms with Crippen molar-refractivity contribution in [3.8, 4) is 0 Å². The van der Waals surface area contributed by atoms with Gasteiger partial charge in [-0.1, -0.05) is 20.3 Å². The van der Waals surface area contributed by atoms with E-state index in [1.165, 1.54) is 0 Å². The van der Waals surface area contributed by atoms with Gasteiger partial charge in [0.1, 0.15) is 0 Å². The second-order valence-corrected chi connectivity index (χ2v) is 2.77. The Bertz CT molecular complexity index is 63.5. The molecule has 1 nitrogen and oxygen atoms in total. The maximum Gasteiger partial charge on any atom is 0.462 e. The zero-order valence-corrected chi connectivity index (χ0v) is 6.33. The summed E-state index contributed by atoms with van der Waals surface area (Å²) < 4.78 is 10.2. The minimum Gasteiger partial charge on any atom is -0.0652 e. The van der Waals surface area contributed by atoms with Crippen LogP contribution >= 0.6 is 0 Å². The number of hydrogen-bond donors (Lipinski definition) is 0. The molecule has 1 unspecified atom stereocenters. The van der Waals surface area contributed by atoms with Gasteiger partial charge in [0.25, 0.3) is 0 Å². The molecule has 0 aliphatic heterocycles. The summed E-state index contributed by atoms with van der Waals surface area (Å²) >= 11 is 0.744. The fraction of sp³-hybridized carbons (Fsp3) is 1.00. The highest BCUT2D eigenvalue weighted by molar-refractivity contribution is 7.66. The third-order valence-electron chi connectivity index (χ3n) is 1.20. The van der Waals surface area contributed by atoms with Crippen LogP contribution in [0.5, 0.6) is 0 Å². The van der Waals surface area contributed by atoms with Crippen molar-refractivity contribution in [2.45, 2.75) is 38.4 Å². The predicted molar refractivity (Wildman–Crippen MR) is 37.0 cm³/mol. The third-order valence-corrected chi connectivity index (χ3v) is 2.04. The summed E-state index contributed by atoms with van der Waals surface area (Å²) in [5.74, 6) is 0. The Morgan fingerprint density at radius 2 is 2.12 bits per heavy atom. The fourth-order valence-electron chi connectivity index (χ4n) is 0.642. The van der Waals surface area contributed by atoms with Gasteiger partial charge in [-0.2, -0.15) is 0 Å². The summed E-state index contributed by atoms with van der Waals surface area (Å²) in [5.41, 5.74) is 0. The Morgan fingerprint density at radius 1 is 1.50 bits per heavy atom. The first-order chi connectivity index (χ1) is 3.85. The van der Waals surface area contributed by atoms with Gasteiger partial charge in [-0.05, 0) is 0 Å². The van der Waals surface area contributed by atoms with Crippen LogP contribution in [0.15, 0.2) is 0 Å². The lowest BCUT2D eigenvalue weighted by atomic mass is 10.2. The molecule has 0 aliphatic carbocycles. The van der Waals surface area contributed by atoms with E-state index in [0.29, 0.717) is 5.25 Å². The fourth-order valence-corrected chi connectivity index (χ4v) is 1.11. The molecule has 0 N–H and O–H groups in total. The van der Waals surface area contributed by atoms with Gasteiger partial charge in [0.05, 0.1) is 0 Å². The molecule has 48 valence electrons. The molecule has 0 rings (SSSR count). The molecule has 0 bridgehead atoms. The summed E-state index contributed by atoms with van der Waals surface area (Å²) in [6.45, 7) is 4.17. The van der Waals surface area contributed by atoms with Gasteiger partial charge in [0.15, 0.2) is 0 Å². The molecule has 0 heterocycles. The SMILES string of the molecule is CCCC(CC)[S+]=O. The zero-order valence-electron chi connectivity index (χ0n) is 5.52. The summed E-state index contributed by atoms with van der Waals surface area (Å²) in [7, 11) is 0. The van der Waals surface area contributed by atoms with Crippen molar-refractivity contribution in [2.24, 2.45) is 0 Å². The standard InChI is InChI=1S/C6H13OS/c1-3-5-6(4-2)8-7/h6H,3-5H2,1-2H3/q+1. The molecule has 0 saturated heterocycles. The maximum atomic E-state index is 10.2. The van der Waals surface area contributed by atoms with Crippen molar-refractivity contribution >= 4 is 11.7 Å². The Hall–Kier alpha value is 0.0200. The lowest BCUT2D eigenvalue weighted by Gasteiger charge is -1.88. The normalized spacial score (nSPS) is 13.2. The highest BCUT2D eigenvalue weighted by atomic mass is 32.1. The van der Waals surface area contributed by atoms with Gasteiger partial charge in [-0.3, -0.25) is 0 Å². The quantitative estimate of drug-likeness (QED) is 0.536. The molecule has 0 aromatic rings. The van der Waals surface area contributed by atoms with Crippen LogP contribution in [-0.4, -0.2) is 5.25 Å². The molecule has 0 spiro atoms. The van der Waals surface area contributed by atoms with E-state index in [2.05, 4.69) is 13.8 Å². The van der Waals surface area contributed by atoms with E-state index in [0.717, 1.165) is 30.9 Å². The second kappa shape index (κ2) is 5.16. The minimum atomic E-state index is 0.361. The third kappa shape index (κ3) is 3.08. The van der Waals surface area contributed by atoms with Crippen molar-refractivity contribution < 1.29 is 4.21 Å². The van der Waals surface area contributed by atoms with E-state index in [1.54, 1.807) is 0 Å². The largest absolute Gasteiger partial charge is 0.462 e. The molecule has 0 saturated carbocycles. The van der Waals surface area contributed by atoms with Gasteiger partial charge in [0.2, 0.25) is 5.25 Å². The topological polar surface area (TPSA) is 17.1 Å². The van der Waals surface area contributed by atoms with Gasteiger partial charge in [-0.25, -0.2) is 0 Å². The Balaban J connectivity index is 3.21. The molecule has 0 aromatic carbocycles. The molecule has 0 aromatic heterocycles. The van der Waals surface area contributed by atoms with E-state index in [9.17, 15) is 4.21 Å². The Labute approximate surface area is 55.0 Å². The minimum absolute atomic E-state index is 0.361. The zero-order chi connectivity index (χ0) is 6.41. The Morgan fingerprint density at radius 3 is 2.25 bits per heavy atom. The van der Waals surface area contributed by atoms with Crippen LogP contribution < -0.4 is 0 Å².